The summed E-state index contributed by atoms with van der Waals surface area (Å²) in [6.45, 7) is 3.71. The molecule has 1 aromatic carbocycles. The number of carbonyl (C=O) groups excluding carboxylic acids is 1. The molecule has 4 heterocycles. The van der Waals surface area contributed by atoms with E-state index in [2.05, 4.69) is 9.88 Å². The highest BCUT2D eigenvalue weighted by molar-refractivity contribution is 6.10. The molecule has 0 bridgehead atoms. The lowest BCUT2D eigenvalue weighted by Crippen LogP contribution is -2.36. The highest BCUT2D eigenvalue weighted by Gasteiger charge is 2.34. The van der Waals surface area contributed by atoms with Gasteiger partial charge in [0.15, 0.2) is 0 Å². The van der Waals surface area contributed by atoms with Gasteiger partial charge >= 0.3 is 0 Å². The first-order chi connectivity index (χ1) is 16.0. The molecule has 8 heteroatoms. The Labute approximate surface area is 192 Å². The third-order valence-corrected chi connectivity index (χ3v) is 6.44. The van der Waals surface area contributed by atoms with Gasteiger partial charge in [-0.15, -0.1) is 0 Å². The molecule has 0 radical (unpaired) electrons. The maximum atomic E-state index is 14.8. The SMILES string of the molecule is COc1cccc(F)c1-c1nccc2c1CN(c1cc(C)cc(N3CCCC3CN)n1)C2=O. The van der Waals surface area contributed by atoms with Gasteiger partial charge < -0.3 is 15.4 Å². The van der Waals surface area contributed by atoms with Gasteiger partial charge in [-0.3, -0.25) is 14.7 Å². The fourth-order valence-corrected chi connectivity index (χ4v) is 4.83. The van der Waals surface area contributed by atoms with Crippen LogP contribution in [0.2, 0.25) is 0 Å². The molecule has 33 heavy (non-hydrogen) atoms. The van der Waals surface area contributed by atoms with Crippen LogP contribution in [0.4, 0.5) is 16.0 Å². The Hall–Kier alpha value is -3.52. The number of methoxy groups -OCH3 is 1. The Morgan fingerprint density at radius 2 is 2.06 bits per heavy atom. The monoisotopic (exact) mass is 447 g/mol. The highest BCUT2D eigenvalue weighted by atomic mass is 19.1. The Kier molecular flexibility index (Phi) is 5.46. The van der Waals surface area contributed by atoms with Crippen molar-refractivity contribution in [3.8, 4) is 17.0 Å². The van der Waals surface area contributed by atoms with Gasteiger partial charge in [0.25, 0.3) is 5.91 Å². The van der Waals surface area contributed by atoms with Gasteiger partial charge in [-0.05, 0) is 55.7 Å². The molecule has 170 valence electrons. The number of carbonyl (C=O) groups is 1. The van der Waals surface area contributed by atoms with Gasteiger partial charge in [0.2, 0.25) is 0 Å². The van der Waals surface area contributed by atoms with Crippen molar-refractivity contribution in [3.05, 3.63) is 65.1 Å². The zero-order chi connectivity index (χ0) is 23.1. The van der Waals surface area contributed by atoms with Crippen LogP contribution in [0.15, 0.2) is 42.6 Å². The lowest BCUT2D eigenvalue weighted by atomic mass is 10.0. The second-order valence-electron chi connectivity index (χ2n) is 8.48. The minimum atomic E-state index is -0.445. The number of hydrogen-bond donors (Lipinski definition) is 1. The summed E-state index contributed by atoms with van der Waals surface area (Å²) in [6, 6.07) is 10.5. The number of pyridine rings is 2. The van der Waals surface area contributed by atoms with Crippen LogP contribution < -0.4 is 20.3 Å². The minimum absolute atomic E-state index is 0.176. The van der Waals surface area contributed by atoms with Crippen molar-refractivity contribution in [2.24, 2.45) is 5.73 Å². The van der Waals surface area contributed by atoms with E-state index in [-0.39, 0.29) is 24.1 Å². The number of amides is 1. The lowest BCUT2D eigenvalue weighted by molar-refractivity contribution is 0.0996. The maximum absolute atomic E-state index is 14.8. The van der Waals surface area contributed by atoms with E-state index in [1.807, 2.05) is 19.1 Å². The third-order valence-electron chi connectivity index (χ3n) is 6.44. The van der Waals surface area contributed by atoms with Crippen molar-refractivity contribution in [1.82, 2.24) is 9.97 Å². The molecular formula is C25H26FN5O2. The first-order valence-corrected chi connectivity index (χ1v) is 11.1. The van der Waals surface area contributed by atoms with Crippen LogP contribution in [0.5, 0.6) is 5.75 Å². The standard InChI is InChI=1S/C25H26FN5O2/c1-15-11-21(30-10-4-5-16(30)13-27)29-22(12-15)31-14-18-17(25(31)32)8-9-28-24(18)23-19(26)6-3-7-20(23)33-2/h3,6-9,11-12,16H,4-5,10,13-14,27H2,1-2H3. The molecule has 1 fully saturated rings. The minimum Gasteiger partial charge on any atom is -0.496 e. The predicted molar refractivity (Wildman–Crippen MR) is 125 cm³/mol. The Morgan fingerprint density at radius 1 is 1.24 bits per heavy atom. The number of fused-ring (bicyclic) bond motifs is 1. The molecule has 0 spiro atoms. The maximum Gasteiger partial charge on any atom is 0.260 e. The molecule has 2 aliphatic rings. The van der Waals surface area contributed by atoms with Gasteiger partial charge in [-0.2, -0.15) is 0 Å². The summed E-state index contributed by atoms with van der Waals surface area (Å²) in [7, 11) is 1.49. The molecule has 2 N–H and O–H groups in total. The summed E-state index contributed by atoms with van der Waals surface area (Å²) in [5.41, 5.74) is 8.80. The highest BCUT2D eigenvalue weighted by Crippen LogP contribution is 2.39. The van der Waals surface area contributed by atoms with E-state index in [1.54, 1.807) is 23.1 Å². The first-order valence-electron chi connectivity index (χ1n) is 11.1. The van der Waals surface area contributed by atoms with Crippen LogP contribution >= 0.6 is 0 Å². The summed E-state index contributed by atoms with van der Waals surface area (Å²) >= 11 is 0. The van der Waals surface area contributed by atoms with E-state index in [9.17, 15) is 9.18 Å². The van der Waals surface area contributed by atoms with Gasteiger partial charge in [0, 0.05) is 36.5 Å². The summed E-state index contributed by atoms with van der Waals surface area (Å²) in [4.78, 5) is 26.5. The molecule has 1 atom stereocenters. The van der Waals surface area contributed by atoms with Crippen LogP contribution in [-0.4, -0.2) is 42.1 Å². The van der Waals surface area contributed by atoms with Crippen molar-refractivity contribution < 1.29 is 13.9 Å². The molecular weight excluding hydrogens is 421 g/mol. The zero-order valence-electron chi connectivity index (χ0n) is 18.7. The summed E-state index contributed by atoms with van der Waals surface area (Å²) in [6.07, 6.45) is 3.64. The molecule has 1 unspecified atom stereocenters. The van der Waals surface area contributed by atoms with E-state index in [4.69, 9.17) is 15.5 Å². The number of benzene rings is 1. The number of aryl methyl sites for hydroxylation is 1. The predicted octanol–water partition coefficient (Wildman–Crippen LogP) is 3.69. The van der Waals surface area contributed by atoms with Crippen molar-refractivity contribution >= 4 is 17.5 Å². The number of nitrogens with zero attached hydrogens (tertiary/aromatic N) is 4. The molecule has 7 nitrogen and oxygen atoms in total. The van der Waals surface area contributed by atoms with E-state index < -0.39 is 5.82 Å². The number of anilines is 2. The van der Waals surface area contributed by atoms with E-state index >= 15 is 0 Å². The Balaban J connectivity index is 1.55. The van der Waals surface area contributed by atoms with Crippen LogP contribution in [0.1, 0.15) is 34.3 Å². The second-order valence-corrected chi connectivity index (χ2v) is 8.48. The fourth-order valence-electron chi connectivity index (χ4n) is 4.83. The van der Waals surface area contributed by atoms with Gasteiger partial charge in [0.1, 0.15) is 23.2 Å². The van der Waals surface area contributed by atoms with Crippen LogP contribution in [0, 0.1) is 12.7 Å². The number of halogens is 1. The Morgan fingerprint density at radius 3 is 2.85 bits per heavy atom. The third kappa shape index (κ3) is 3.60. The van der Waals surface area contributed by atoms with Crippen LogP contribution in [-0.2, 0) is 6.54 Å². The molecule has 1 amide bonds. The molecule has 2 aliphatic heterocycles. The number of rotatable bonds is 5. The summed E-state index contributed by atoms with van der Waals surface area (Å²) in [5, 5.41) is 0. The molecule has 2 aromatic heterocycles. The van der Waals surface area contributed by atoms with Crippen LogP contribution in [0.3, 0.4) is 0 Å². The molecule has 0 aliphatic carbocycles. The summed E-state index contributed by atoms with van der Waals surface area (Å²) < 4.78 is 20.2. The van der Waals surface area contributed by atoms with E-state index in [1.165, 1.54) is 19.4 Å². The number of hydrogen-bond acceptors (Lipinski definition) is 6. The smallest absolute Gasteiger partial charge is 0.260 e. The lowest BCUT2D eigenvalue weighted by Gasteiger charge is -2.26. The molecule has 5 rings (SSSR count). The average molecular weight is 448 g/mol. The van der Waals surface area contributed by atoms with Crippen molar-refractivity contribution in [1.29, 1.82) is 0 Å². The normalized spacial score (nSPS) is 17.6. The van der Waals surface area contributed by atoms with Gasteiger partial charge in [-0.25, -0.2) is 9.37 Å². The van der Waals surface area contributed by atoms with Gasteiger partial charge in [0.05, 0.1) is 24.9 Å². The molecule has 0 saturated carbocycles. The number of aromatic nitrogens is 2. The fraction of sp³-hybridized carbons (Fsp3) is 0.320. The van der Waals surface area contributed by atoms with Crippen molar-refractivity contribution in [2.45, 2.75) is 32.4 Å². The molecule has 1 saturated heterocycles. The van der Waals surface area contributed by atoms with E-state index in [0.29, 0.717) is 34.9 Å². The average Bonchev–Trinajstić information content (AvgIpc) is 3.43. The number of nitrogens with two attached hydrogens (primary N) is 1. The Bertz CT molecular complexity index is 1230. The number of ether oxygens (including phenoxy) is 1. The topological polar surface area (TPSA) is 84.6 Å². The largest absolute Gasteiger partial charge is 0.496 e. The zero-order valence-corrected chi connectivity index (χ0v) is 18.7. The van der Waals surface area contributed by atoms with Crippen LogP contribution in [0.25, 0.3) is 11.3 Å². The van der Waals surface area contributed by atoms with Gasteiger partial charge in [-0.1, -0.05) is 6.07 Å². The van der Waals surface area contributed by atoms with Crippen molar-refractivity contribution in [2.75, 3.05) is 30.0 Å². The summed E-state index contributed by atoms with van der Waals surface area (Å²) in [5.74, 6) is 1.15. The second kappa shape index (κ2) is 8.44. The first kappa shape index (κ1) is 21.3. The molecule has 3 aromatic rings. The van der Waals surface area contributed by atoms with E-state index in [0.717, 1.165) is 30.8 Å². The quantitative estimate of drug-likeness (QED) is 0.642. The van der Waals surface area contributed by atoms with Crippen molar-refractivity contribution in [3.63, 3.8) is 0 Å².